The summed E-state index contributed by atoms with van der Waals surface area (Å²) in [4.78, 5) is 9.21. The second kappa shape index (κ2) is 7.12. The van der Waals surface area contributed by atoms with Crippen molar-refractivity contribution in [3.63, 3.8) is 0 Å². The molecule has 0 N–H and O–H groups in total. The van der Waals surface area contributed by atoms with E-state index in [0.717, 1.165) is 61.8 Å². The van der Waals surface area contributed by atoms with Gasteiger partial charge in [-0.05, 0) is 29.8 Å². The second-order valence-electron chi connectivity index (χ2n) is 6.36. The van der Waals surface area contributed by atoms with Crippen LogP contribution in [0.5, 0.6) is 0 Å². The summed E-state index contributed by atoms with van der Waals surface area (Å²) >= 11 is 6.13. The van der Waals surface area contributed by atoms with Crippen LogP contribution in [0, 0.1) is 5.82 Å². The molecule has 1 saturated heterocycles. The highest BCUT2D eigenvalue weighted by atomic mass is 35.5. The molecule has 2 aromatic carbocycles. The normalized spacial score (nSPS) is 16.6. The highest BCUT2D eigenvalue weighted by Gasteiger charge is 2.19. The van der Waals surface area contributed by atoms with Gasteiger partial charge in [0.05, 0.1) is 6.54 Å². The van der Waals surface area contributed by atoms with Gasteiger partial charge in [0.1, 0.15) is 11.3 Å². The number of halogens is 2. The van der Waals surface area contributed by atoms with Crippen molar-refractivity contribution in [2.45, 2.75) is 13.1 Å². The Morgan fingerprint density at radius 1 is 1.00 bits per heavy atom. The van der Waals surface area contributed by atoms with Crippen molar-refractivity contribution >= 4 is 22.7 Å². The molecule has 6 heteroatoms. The van der Waals surface area contributed by atoms with Gasteiger partial charge < -0.3 is 4.42 Å². The SMILES string of the molecule is Fc1ccc(CN2CCN(Cc3nc4ccccc4o3)CC2)c(Cl)c1. The van der Waals surface area contributed by atoms with Crippen molar-refractivity contribution in [2.24, 2.45) is 0 Å². The third-order valence-corrected chi connectivity index (χ3v) is 4.92. The van der Waals surface area contributed by atoms with E-state index in [1.807, 2.05) is 24.3 Å². The monoisotopic (exact) mass is 359 g/mol. The fraction of sp³-hybridized carbons (Fsp3) is 0.316. The standard InChI is InChI=1S/C19H19ClFN3O/c20-16-11-15(21)6-5-14(16)12-23-7-9-24(10-8-23)13-19-22-17-3-1-2-4-18(17)25-19/h1-6,11H,7-10,12-13H2. The molecular formula is C19H19ClFN3O. The molecule has 0 aliphatic carbocycles. The molecule has 0 unspecified atom stereocenters. The summed E-state index contributed by atoms with van der Waals surface area (Å²) in [6.07, 6.45) is 0. The van der Waals surface area contributed by atoms with Crippen molar-refractivity contribution in [1.29, 1.82) is 0 Å². The first-order valence-electron chi connectivity index (χ1n) is 8.40. The molecule has 0 saturated carbocycles. The first kappa shape index (κ1) is 16.5. The molecular weight excluding hydrogens is 341 g/mol. The topological polar surface area (TPSA) is 32.5 Å². The minimum atomic E-state index is -0.295. The number of piperazine rings is 1. The molecule has 3 aromatic rings. The Balaban J connectivity index is 1.33. The molecule has 0 bridgehead atoms. The van der Waals surface area contributed by atoms with Crippen molar-refractivity contribution in [1.82, 2.24) is 14.8 Å². The van der Waals surface area contributed by atoms with Crippen LogP contribution in [0.25, 0.3) is 11.1 Å². The zero-order valence-corrected chi connectivity index (χ0v) is 14.5. The molecule has 0 radical (unpaired) electrons. The van der Waals surface area contributed by atoms with Crippen molar-refractivity contribution in [3.05, 3.63) is 64.8 Å². The molecule has 1 fully saturated rings. The third-order valence-electron chi connectivity index (χ3n) is 4.57. The average Bonchev–Trinajstić information content (AvgIpc) is 3.01. The Kier molecular flexibility index (Phi) is 4.70. The molecule has 4 nitrogen and oxygen atoms in total. The number of oxazole rings is 1. The number of para-hydroxylation sites is 2. The Hall–Kier alpha value is -1.95. The van der Waals surface area contributed by atoms with Gasteiger partial charge >= 0.3 is 0 Å². The van der Waals surface area contributed by atoms with Gasteiger partial charge in [0.25, 0.3) is 0 Å². The first-order valence-corrected chi connectivity index (χ1v) is 8.78. The van der Waals surface area contributed by atoms with Gasteiger partial charge in [-0.25, -0.2) is 9.37 Å². The maximum absolute atomic E-state index is 13.1. The molecule has 4 rings (SSSR count). The lowest BCUT2D eigenvalue weighted by Gasteiger charge is -2.34. The Labute approximate surface area is 150 Å². The third kappa shape index (κ3) is 3.84. The van der Waals surface area contributed by atoms with Crippen LogP contribution >= 0.6 is 11.6 Å². The first-order chi connectivity index (χ1) is 12.2. The summed E-state index contributed by atoms with van der Waals surface area (Å²) in [5.74, 6) is 0.466. The molecule has 0 spiro atoms. The van der Waals surface area contributed by atoms with Crippen LogP contribution in [-0.4, -0.2) is 41.0 Å². The van der Waals surface area contributed by atoms with Crippen LogP contribution in [0.2, 0.25) is 5.02 Å². The molecule has 1 aliphatic rings. The van der Waals surface area contributed by atoms with Gasteiger partial charge in [-0.2, -0.15) is 0 Å². The van der Waals surface area contributed by atoms with Crippen LogP contribution < -0.4 is 0 Å². The van der Waals surface area contributed by atoms with Gasteiger partial charge in [-0.15, -0.1) is 0 Å². The molecule has 2 heterocycles. The maximum atomic E-state index is 13.1. The number of fused-ring (bicyclic) bond motifs is 1. The summed E-state index contributed by atoms with van der Waals surface area (Å²) in [6, 6.07) is 12.4. The summed E-state index contributed by atoms with van der Waals surface area (Å²) in [5.41, 5.74) is 2.71. The van der Waals surface area contributed by atoms with E-state index in [1.165, 1.54) is 12.1 Å². The lowest BCUT2D eigenvalue weighted by atomic mass is 10.2. The Bertz CT molecular complexity index is 841. The molecule has 25 heavy (non-hydrogen) atoms. The summed E-state index contributed by atoms with van der Waals surface area (Å²) < 4.78 is 18.9. The molecule has 1 aliphatic heterocycles. The van der Waals surface area contributed by atoms with E-state index in [9.17, 15) is 4.39 Å². The fourth-order valence-electron chi connectivity index (χ4n) is 3.18. The van der Waals surface area contributed by atoms with Crippen LogP contribution in [0.4, 0.5) is 4.39 Å². The van der Waals surface area contributed by atoms with Gasteiger partial charge in [-0.1, -0.05) is 29.8 Å². The predicted molar refractivity (Wildman–Crippen MR) is 96.0 cm³/mol. The van der Waals surface area contributed by atoms with Crippen molar-refractivity contribution < 1.29 is 8.81 Å². The second-order valence-corrected chi connectivity index (χ2v) is 6.77. The van der Waals surface area contributed by atoms with E-state index in [2.05, 4.69) is 14.8 Å². The van der Waals surface area contributed by atoms with Crippen LogP contribution in [0.15, 0.2) is 46.9 Å². The predicted octanol–water partition coefficient (Wildman–Crippen LogP) is 3.94. The Morgan fingerprint density at radius 3 is 2.44 bits per heavy atom. The highest BCUT2D eigenvalue weighted by molar-refractivity contribution is 6.31. The highest BCUT2D eigenvalue weighted by Crippen LogP contribution is 2.20. The van der Waals surface area contributed by atoms with E-state index < -0.39 is 0 Å². The lowest BCUT2D eigenvalue weighted by Crippen LogP contribution is -2.45. The fourth-order valence-corrected chi connectivity index (χ4v) is 3.40. The van der Waals surface area contributed by atoms with E-state index in [-0.39, 0.29) is 5.82 Å². The smallest absolute Gasteiger partial charge is 0.209 e. The van der Waals surface area contributed by atoms with Crippen molar-refractivity contribution in [2.75, 3.05) is 26.2 Å². The summed E-state index contributed by atoms with van der Waals surface area (Å²) in [6.45, 7) is 5.23. The Morgan fingerprint density at radius 2 is 1.72 bits per heavy atom. The van der Waals surface area contributed by atoms with Crippen LogP contribution in [0.1, 0.15) is 11.5 Å². The number of hydrogen-bond donors (Lipinski definition) is 0. The van der Waals surface area contributed by atoms with E-state index in [1.54, 1.807) is 6.07 Å². The largest absolute Gasteiger partial charge is 0.439 e. The minimum absolute atomic E-state index is 0.295. The minimum Gasteiger partial charge on any atom is -0.439 e. The van der Waals surface area contributed by atoms with E-state index in [4.69, 9.17) is 16.0 Å². The maximum Gasteiger partial charge on any atom is 0.209 e. The molecule has 0 amide bonds. The van der Waals surface area contributed by atoms with Gasteiger partial charge in [0.2, 0.25) is 5.89 Å². The van der Waals surface area contributed by atoms with E-state index >= 15 is 0 Å². The van der Waals surface area contributed by atoms with Gasteiger partial charge in [0, 0.05) is 37.7 Å². The zero-order valence-electron chi connectivity index (χ0n) is 13.8. The van der Waals surface area contributed by atoms with Crippen molar-refractivity contribution in [3.8, 4) is 0 Å². The molecule has 1 aromatic heterocycles. The van der Waals surface area contributed by atoms with Crippen LogP contribution in [-0.2, 0) is 13.1 Å². The number of nitrogens with zero attached hydrogens (tertiary/aromatic N) is 3. The molecule has 130 valence electrons. The molecule has 0 atom stereocenters. The average molecular weight is 360 g/mol. The van der Waals surface area contributed by atoms with Gasteiger partial charge in [-0.3, -0.25) is 9.80 Å². The van der Waals surface area contributed by atoms with E-state index in [0.29, 0.717) is 5.02 Å². The lowest BCUT2D eigenvalue weighted by molar-refractivity contribution is 0.115. The van der Waals surface area contributed by atoms with Crippen LogP contribution in [0.3, 0.4) is 0 Å². The number of benzene rings is 2. The van der Waals surface area contributed by atoms with Gasteiger partial charge in [0.15, 0.2) is 5.58 Å². The quantitative estimate of drug-likeness (QED) is 0.706. The summed E-state index contributed by atoms with van der Waals surface area (Å²) in [5, 5.41) is 0.494. The summed E-state index contributed by atoms with van der Waals surface area (Å²) in [7, 11) is 0. The zero-order chi connectivity index (χ0) is 17.2. The number of rotatable bonds is 4. The number of hydrogen-bond acceptors (Lipinski definition) is 4. The number of aromatic nitrogens is 1.